The summed E-state index contributed by atoms with van der Waals surface area (Å²) in [6.07, 6.45) is 0.301. The Morgan fingerprint density at radius 1 is 1.25 bits per heavy atom. The topological polar surface area (TPSA) is 64.4 Å². The number of sulfonamides is 1. The van der Waals surface area contributed by atoms with E-state index in [9.17, 15) is 8.42 Å². The summed E-state index contributed by atoms with van der Waals surface area (Å²) in [5.41, 5.74) is 1.59. The van der Waals surface area contributed by atoms with Gasteiger partial charge in [-0.15, -0.1) is 0 Å². The van der Waals surface area contributed by atoms with Crippen LogP contribution in [0.4, 0.5) is 11.4 Å². The fourth-order valence-corrected chi connectivity index (χ4v) is 4.14. The smallest absolute Gasteiger partial charge is 0.251 e. The molecule has 0 N–H and O–H groups in total. The number of nitrogens with zero attached hydrogens (tertiary/aromatic N) is 3. The Labute approximate surface area is 120 Å². The van der Waals surface area contributed by atoms with Crippen molar-refractivity contribution in [1.82, 2.24) is 0 Å². The van der Waals surface area contributed by atoms with Crippen molar-refractivity contribution in [2.24, 2.45) is 0 Å². The van der Waals surface area contributed by atoms with Crippen LogP contribution in [-0.2, 0) is 10.0 Å². The molecule has 1 aliphatic rings. The quantitative estimate of drug-likeness (QED) is 0.851. The Bertz CT molecular complexity index is 622. The summed E-state index contributed by atoms with van der Waals surface area (Å²) in [5.74, 6) is 0. The molecule has 5 nitrogen and oxygen atoms in total. The van der Waals surface area contributed by atoms with Crippen molar-refractivity contribution < 1.29 is 8.42 Å². The molecule has 20 heavy (non-hydrogen) atoms. The highest BCUT2D eigenvalue weighted by Gasteiger charge is 2.35. The number of anilines is 2. The second-order valence-corrected chi connectivity index (χ2v) is 6.75. The number of likely N-dealkylation sites (N-methyl/N-ethyl adjacent to an activating group) is 1. The number of fused-ring (bicyclic) bond motifs is 1. The first-order valence-corrected chi connectivity index (χ1v) is 8.31. The van der Waals surface area contributed by atoms with E-state index in [4.69, 9.17) is 5.26 Å². The highest BCUT2D eigenvalue weighted by molar-refractivity contribution is 7.93. The number of nitriles is 1. The van der Waals surface area contributed by atoms with Crippen molar-refractivity contribution in [2.75, 3.05) is 28.8 Å². The monoisotopic (exact) mass is 293 g/mol. The lowest BCUT2D eigenvalue weighted by atomic mass is 10.2. The van der Waals surface area contributed by atoms with Gasteiger partial charge in [0.25, 0.3) is 10.0 Å². The molecule has 0 saturated carbocycles. The van der Waals surface area contributed by atoms with Gasteiger partial charge in [-0.25, -0.2) is 8.42 Å². The minimum Gasteiger partial charge on any atom is -0.368 e. The molecule has 0 spiro atoms. The molecule has 1 aromatic carbocycles. The molecule has 1 aliphatic heterocycles. The van der Waals surface area contributed by atoms with Gasteiger partial charge in [0.05, 0.1) is 24.0 Å². The predicted octanol–water partition coefficient (Wildman–Crippen LogP) is 1.96. The summed E-state index contributed by atoms with van der Waals surface area (Å²) in [6, 6.07) is 9.36. The lowest BCUT2D eigenvalue weighted by molar-refractivity contribution is 0.580. The van der Waals surface area contributed by atoms with Crippen molar-refractivity contribution >= 4 is 21.4 Å². The van der Waals surface area contributed by atoms with Gasteiger partial charge in [-0.2, -0.15) is 5.26 Å². The van der Waals surface area contributed by atoms with E-state index < -0.39 is 15.3 Å². The maximum Gasteiger partial charge on any atom is 0.251 e. The second-order valence-electron chi connectivity index (χ2n) is 4.71. The molecule has 0 amide bonds. The normalized spacial score (nSPS) is 16.4. The molecule has 0 unspecified atom stereocenters. The van der Waals surface area contributed by atoms with Gasteiger partial charge < -0.3 is 4.90 Å². The molecule has 0 fully saturated rings. The molecule has 0 aliphatic carbocycles. The van der Waals surface area contributed by atoms with Crippen molar-refractivity contribution in [2.45, 2.75) is 25.5 Å². The fourth-order valence-electron chi connectivity index (χ4n) is 2.51. The van der Waals surface area contributed by atoms with E-state index in [2.05, 4.69) is 4.90 Å². The maximum atomic E-state index is 12.6. The molecule has 1 heterocycles. The van der Waals surface area contributed by atoms with Crippen LogP contribution in [0.2, 0.25) is 0 Å². The highest BCUT2D eigenvalue weighted by atomic mass is 32.2. The molecular formula is C14H19N3O2S. The van der Waals surface area contributed by atoms with E-state index in [0.29, 0.717) is 25.2 Å². The first kappa shape index (κ1) is 14.7. The van der Waals surface area contributed by atoms with Crippen LogP contribution in [0.15, 0.2) is 24.3 Å². The second kappa shape index (κ2) is 5.71. The number of rotatable bonds is 4. The van der Waals surface area contributed by atoms with E-state index in [1.54, 1.807) is 13.0 Å². The van der Waals surface area contributed by atoms with E-state index in [-0.39, 0.29) is 0 Å². The van der Waals surface area contributed by atoms with E-state index in [1.807, 2.05) is 31.2 Å². The van der Waals surface area contributed by atoms with Crippen LogP contribution in [0, 0.1) is 11.3 Å². The SMILES string of the molecule is CC[C@@H](C#N)S(=O)(=O)N1CCN(CC)c2ccccc21. The van der Waals surface area contributed by atoms with Crippen LogP contribution in [0.1, 0.15) is 20.3 Å². The van der Waals surface area contributed by atoms with Crippen LogP contribution in [0.3, 0.4) is 0 Å². The highest BCUT2D eigenvalue weighted by Crippen LogP contribution is 2.35. The van der Waals surface area contributed by atoms with Gasteiger partial charge >= 0.3 is 0 Å². The Hall–Kier alpha value is -1.74. The van der Waals surface area contributed by atoms with Crippen LogP contribution >= 0.6 is 0 Å². The van der Waals surface area contributed by atoms with Crippen molar-refractivity contribution in [1.29, 1.82) is 5.26 Å². The van der Waals surface area contributed by atoms with Gasteiger partial charge in [0.1, 0.15) is 0 Å². The molecular weight excluding hydrogens is 274 g/mol. The minimum absolute atomic E-state index is 0.301. The molecule has 6 heteroatoms. The molecule has 2 rings (SSSR count). The molecule has 0 bridgehead atoms. The molecule has 0 radical (unpaired) electrons. The average molecular weight is 293 g/mol. The third-order valence-electron chi connectivity index (χ3n) is 3.63. The Kier molecular flexibility index (Phi) is 4.19. The third kappa shape index (κ3) is 2.34. The standard InChI is InChI=1S/C14H19N3O2S/c1-3-12(11-15)20(18,19)17-10-9-16(4-2)13-7-5-6-8-14(13)17/h5-8,12H,3-4,9-10H2,1-2H3/t12-/m0/s1. The molecule has 1 aromatic rings. The number of benzene rings is 1. The zero-order valence-electron chi connectivity index (χ0n) is 11.8. The van der Waals surface area contributed by atoms with Crippen molar-refractivity contribution in [3.05, 3.63) is 24.3 Å². The summed E-state index contributed by atoms with van der Waals surface area (Å²) >= 11 is 0. The number of hydrogen-bond donors (Lipinski definition) is 0. The Balaban J connectivity index is 2.48. The van der Waals surface area contributed by atoms with Crippen LogP contribution < -0.4 is 9.21 Å². The van der Waals surface area contributed by atoms with Crippen LogP contribution in [-0.4, -0.2) is 33.3 Å². The molecule has 1 atom stereocenters. The lowest BCUT2D eigenvalue weighted by Crippen LogP contribution is -2.47. The molecule has 108 valence electrons. The summed E-state index contributed by atoms with van der Waals surface area (Å²) < 4.78 is 26.6. The number of hydrogen-bond acceptors (Lipinski definition) is 4. The fraction of sp³-hybridized carbons (Fsp3) is 0.500. The summed E-state index contributed by atoms with van der Waals surface area (Å²) in [4.78, 5) is 2.15. The summed E-state index contributed by atoms with van der Waals surface area (Å²) in [7, 11) is -3.62. The lowest BCUT2D eigenvalue weighted by Gasteiger charge is -2.38. The van der Waals surface area contributed by atoms with Crippen LogP contribution in [0.25, 0.3) is 0 Å². The van der Waals surface area contributed by atoms with Crippen LogP contribution in [0.5, 0.6) is 0 Å². The van der Waals surface area contributed by atoms with E-state index >= 15 is 0 Å². The van der Waals surface area contributed by atoms with Gasteiger partial charge in [0.2, 0.25) is 0 Å². The summed E-state index contributed by atoms with van der Waals surface area (Å²) in [5, 5.41) is 8.09. The van der Waals surface area contributed by atoms with E-state index in [0.717, 1.165) is 12.2 Å². The summed E-state index contributed by atoms with van der Waals surface area (Å²) in [6.45, 7) is 5.64. The largest absolute Gasteiger partial charge is 0.368 e. The van der Waals surface area contributed by atoms with Crippen molar-refractivity contribution in [3.8, 4) is 6.07 Å². The van der Waals surface area contributed by atoms with E-state index in [1.165, 1.54) is 4.31 Å². The minimum atomic E-state index is -3.62. The molecule has 0 saturated heterocycles. The van der Waals surface area contributed by atoms with Crippen molar-refractivity contribution in [3.63, 3.8) is 0 Å². The van der Waals surface area contributed by atoms with Gasteiger partial charge in [0, 0.05) is 13.1 Å². The first-order chi connectivity index (χ1) is 9.56. The predicted molar refractivity (Wildman–Crippen MR) is 80.3 cm³/mol. The zero-order chi connectivity index (χ0) is 14.8. The van der Waals surface area contributed by atoms with Gasteiger partial charge in [-0.3, -0.25) is 4.31 Å². The van der Waals surface area contributed by atoms with Gasteiger partial charge in [-0.05, 0) is 25.5 Å². The van der Waals surface area contributed by atoms with Gasteiger partial charge in [0.15, 0.2) is 5.25 Å². The third-order valence-corrected chi connectivity index (χ3v) is 5.78. The molecule has 0 aromatic heterocycles. The zero-order valence-corrected chi connectivity index (χ0v) is 12.6. The first-order valence-electron chi connectivity index (χ1n) is 6.81. The Morgan fingerprint density at radius 2 is 1.90 bits per heavy atom. The average Bonchev–Trinajstić information content (AvgIpc) is 2.46. The number of para-hydroxylation sites is 2. The van der Waals surface area contributed by atoms with Gasteiger partial charge in [-0.1, -0.05) is 19.1 Å². The Morgan fingerprint density at radius 3 is 2.45 bits per heavy atom. The maximum absolute atomic E-state index is 12.6.